The van der Waals surface area contributed by atoms with E-state index in [4.69, 9.17) is 11.6 Å². The number of rotatable bonds is 6. The average Bonchev–Trinajstić information content (AvgIpc) is 3.26. The minimum atomic E-state index is -3.34. The topological polar surface area (TPSA) is 144 Å². The fourth-order valence-corrected chi connectivity index (χ4v) is 4.79. The second-order valence-corrected chi connectivity index (χ2v) is 10.1. The minimum absolute atomic E-state index is 0.00835. The Morgan fingerprint density at radius 3 is 2.75 bits per heavy atom. The van der Waals surface area contributed by atoms with E-state index in [1.807, 2.05) is 0 Å². The lowest BCUT2D eigenvalue weighted by atomic mass is 10.1. The van der Waals surface area contributed by atoms with Crippen LogP contribution in [0.5, 0.6) is 0 Å². The van der Waals surface area contributed by atoms with E-state index in [9.17, 15) is 18.5 Å². The van der Waals surface area contributed by atoms with Crippen LogP contribution in [0.3, 0.4) is 0 Å². The quantitative estimate of drug-likeness (QED) is 0.533. The van der Waals surface area contributed by atoms with Gasteiger partial charge in [0.15, 0.2) is 21.3 Å². The molecule has 1 aliphatic rings. The van der Waals surface area contributed by atoms with Crippen LogP contribution in [-0.4, -0.2) is 38.7 Å². The van der Waals surface area contributed by atoms with Crippen molar-refractivity contribution in [3.63, 3.8) is 0 Å². The van der Waals surface area contributed by atoms with Gasteiger partial charge in [0.25, 0.3) is 5.56 Å². The van der Waals surface area contributed by atoms with E-state index >= 15 is 0 Å². The lowest BCUT2D eigenvalue weighted by Crippen LogP contribution is -2.31. The van der Waals surface area contributed by atoms with Gasteiger partial charge in [-0.25, -0.2) is 18.4 Å². The third-order valence-corrected chi connectivity index (χ3v) is 7.46. The second kappa shape index (κ2) is 8.80. The Hall–Kier alpha value is -3.10. The van der Waals surface area contributed by atoms with Gasteiger partial charge in [-0.3, -0.25) is 14.3 Å². The van der Waals surface area contributed by atoms with Crippen molar-refractivity contribution in [2.75, 3.05) is 11.1 Å². The third-order valence-electron chi connectivity index (χ3n) is 5.55. The van der Waals surface area contributed by atoms with E-state index in [-0.39, 0.29) is 40.3 Å². The van der Waals surface area contributed by atoms with Crippen molar-refractivity contribution in [1.82, 2.24) is 24.5 Å². The highest BCUT2D eigenvalue weighted by molar-refractivity contribution is 7.91. The predicted octanol–water partition coefficient (Wildman–Crippen LogP) is 2.51. The summed E-state index contributed by atoms with van der Waals surface area (Å²) in [6.45, 7) is 1.72. The monoisotopic (exact) mass is 473 g/mol. The molecule has 32 heavy (non-hydrogen) atoms. The van der Waals surface area contributed by atoms with Crippen LogP contribution in [0.15, 0.2) is 34.2 Å². The fraction of sp³-hybridized carbons (Fsp3) is 0.400. The molecule has 3 aromatic rings. The van der Waals surface area contributed by atoms with Crippen LogP contribution < -0.4 is 10.9 Å². The Morgan fingerprint density at radius 1 is 1.25 bits per heavy atom. The first kappa shape index (κ1) is 22.1. The smallest absolute Gasteiger partial charge is 0.295 e. The molecule has 3 heterocycles. The standard InChI is InChI=1S/C20H20ClN7O3S/c1-2-32(30,31)14-7-6-13(23-10-14)9-24-17-19(29)28(16-5-3-4-12(16)8-22)18-15(26-17)11-25-20(21)27-18/h6-7,10-12,16H,2-5,9H2,1H3,(H,24,26)/t12-,16+/m1/s1. The predicted molar refractivity (Wildman–Crippen MR) is 118 cm³/mol. The average molecular weight is 474 g/mol. The summed E-state index contributed by atoms with van der Waals surface area (Å²) >= 11 is 5.96. The molecule has 4 rings (SSSR count). The Morgan fingerprint density at radius 2 is 2.06 bits per heavy atom. The molecule has 3 aromatic heterocycles. The molecule has 1 N–H and O–H groups in total. The molecule has 2 atom stereocenters. The summed E-state index contributed by atoms with van der Waals surface area (Å²) in [5, 5.41) is 12.5. The van der Waals surface area contributed by atoms with Crippen LogP contribution in [0.2, 0.25) is 5.28 Å². The van der Waals surface area contributed by atoms with Gasteiger partial charge in [-0.2, -0.15) is 10.2 Å². The number of nitrogens with one attached hydrogen (secondary N) is 1. The number of hydrogen-bond donors (Lipinski definition) is 1. The first-order valence-electron chi connectivity index (χ1n) is 10.1. The van der Waals surface area contributed by atoms with Gasteiger partial charge in [0.05, 0.1) is 47.1 Å². The largest absolute Gasteiger partial charge is 0.360 e. The van der Waals surface area contributed by atoms with Gasteiger partial charge in [-0.05, 0) is 43.0 Å². The van der Waals surface area contributed by atoms with E-state index in [1.54, 1.807) is 13.0 Å². The summed E-state index contributed by atoms with van der Waals surface area (Å²) in [5.41, 5.74) is 0.790. The van der Waals surface area contributed by atoms with E-state index in [1.165, 1.54) is 23.0 Å². The van der Waals surface area contributed by atoms with E-state index < -0.39 is 15.4 Å². The zero-order valence-electron chi connectivity index (χ0n) is 17.2. The molecule has 0 aromatic carbocycles. The number of hydrogen-bond acceptors (Lipinski definition) is 9. The van der Waals surface area contributed by atoms with Crippen molar-refractivity contribution in [1.29, 1.82) is 5.26 Å². The zero-order valence-corrected chi connectivity index (χ0v) is 18.8. The molecular formula is C20H20ClN7O3S. The van der Waals surface area contributed by atoms with Crippen LogP contribution in [0, 0.1) is 17.2 Å². The molecule has 0 amide bonds. The van der Waals surface area contributed by atoms with Crippen LogP contribution in [0.25, 0.3) is 11.2 Å². The van der Waals surface area contributed by atoms with Gasteiger partial charge in [-0.1, -0.05) is 6.92 Å². The number of nitrogens with zero attached hydrogens (tertiary/aromatic N) is 6. The number of pyridine rings is 1. The first-order valence-corrected chi connectivity index (χ1v) is 12.1. The van der Waals surface area contributed by atoms with Crippen molar-refractivity contribution < 1.29 is 8.42 Å². The number of fused-ring (bicyclic) bond motifs is 1. The Labute approximate surface area is 189 Å². The number of halogens is 1. The molecule has 10 nitrogen and oxygen atoms in total. The van der Waals surface area contributed by atoms with Crippen LogP contribution in [-0.2, 0) is 16.4 Å². The lowest BCUT2D eigenvalue weighted by Gasteiger charge is -2.20. The number of anilines is 1. The summed E-state index contributed by atoms with van der Waals surface area (Å²) in [6, 6.07) is 5.02. The number of nitriles is 1. The minimum Gasteiger partial charge on any atom is -0.360 e. The molecule has 1 fully saturated rings. The summed E-state index contributed by atoms with van der Waals surface area (Å²) < 4.78 is 25.4. The third kappa shape index (κ3) is 4.16. The normalized spacial score (nSPS) is 18.5. The molecule has 166 valence electrons. The Balaban J connectivity index is 1.69. The molecule has 0 unspecified atom stereocenters. The maximum absolute atomic E-state index is 13.3. The van der Waals surface area contributed by atoms with Crippen molar-refractivity contribution in [3.8, 4) is 6.07 Å². The Kier molecular flexibility index (Phi) is 6.08. The van der Waals surface area contributed by atoms with Crippen LogP contribution in [0.4, 0.5) is 5.82 Å². The molecule has 0 spiro atoms. The van der Waals surface area contributed by atoms with E-state index in [0.717, 1.165) is 6.42 Å². The fourth-order valence-electron chi connectivity index (χ4n) is 3.84. The van der Waals surface area contributed by atoms with Crippen molar-refractivity contribution in [2.24, 2.45) is 5.92 Å². The highest BCUT2D eigenvalue weighted by atomic mass is 35.5. The zero-order chi connectivity index (χ0) is 22.9. The molecule has 0 aliphatic heterocycles. The maximum atomic E-state index is 13.3. The molecule has 0 saturated heterocycles. The van der Waals surface area contributed by atoms with Gasteiger partial charge in [-0.15, -0.1) is 0 Å². The summed E-state index contributed by atoms with van der Waals surface area (Å²) in [7, 11) is -3.34. The molecule has 1 aliphatic carbocycles. The van der Waals surface area contributed by atoms with Gasteiger partial charge < -0.3 is 5.32 Å². The molecule has 1 saturated carbocycles. The number of sulfone groups is 1. The van der Waals surface area contributed by atoms with Gasteiger partial charge >= 0.3 is 0 Å². The summed E-state index contributed by atoms with van der Waals surface area (Å²) in [4.78, 5) is 30.1. The summed E-state index contributed by atoms with van der Waals surface area (Å²) in [6.07, 6.45) is 4.94. The Bertz CT molecular complexity index is 1370. The first-order chi connectivity index (χ1) is 15.3. The molecule has 0 radical (unpaired) electrons. The van der Waals surface area contributed by atoms with Gasteiger partial charge in [0.2, 0.25) is 5.28 Å². The maximum Gasteiger partial charge on any atom is 0.295 e. The highest BCUT2D eigenvalue weighted by Gasteiger charge is 2.32. The second-order valence-electron chi connectivity index (χ2n) is 7.46. The van der Waals surface area contributed by atoms with Crippen molar-refractivity contribution in [2.45, 2.75) is 43.7 Å². The number of aromatic nitrogens is 5. The highest BCUT2D eigenvalue weighted by Crippen LogP contribution is 2.35. The van der Waals surface area contributed by atoms with Crippen LogP contribution >= 0.6 is 11.6 Å². The SMILES string of the molecule is CCS(=O)(=O)c1ccc(CNc2nc3cnc(Cl)nc3n([C@H]3CCC[C@@H]3C#N)c2=O)nc1. The van der Waals surface area contributed by atoms with Gasteiger partial charge in [0, 0.05) is 6.20 Å². The van der Waals surface area contributed by atoms with Crippen molar-refractivity contribution in [3.05, 3.63) is 45.9 Å². The van der Waals surface area contributed by atoms with E-state index in [2.05, 4.69) is 31.3 Å². The van der Waals surface area contributed by atoms with Crippen molar-refractivity contribution >= 4 is 38.4 Å². The molecular weight excluding hydrogens is 454 g/mol. The lowest BCUT2D eigenvalue weighted by molar-refractivity contribution is 0.447. The van der Waals surface area contributed by atoms with Gasteiger partial charge in [0.1, 0.15) is 5.52 Å². The summed E-state index contributed by atoms with van der Waals surface area (Å²) in [5.74, 6) is -0.252. The molecule has 12 heteroatoms. The van der Waals surface area contributed by atoms with Crippen LogP contribution in [0.1, 0.15) is 37.9 Å². The van der Waals surface area contributed by atoms with E-state index in [0.29, 0.717) is 29.7 Å². The molecule has 0 bridgehead atoms.